The number of amides is 1. The van der Waals surface area contributed by atoms with Crippen LogP contribution in [0.1, 0.15) is 42.5 Å². The molecule has 1 aliphatic rings. The van der Waals surface area contributed by atoms with Crippen LogP contribution in [-0.4, -0.2) is 16.9 Å². The molecule has 0 saturated heterocycles. The van der Waals surface area contributed by atoms with Gasteiger partial charge in [0.2, 0.25) is 0 Å². The van der Waals surface area contributed by atoms with Crippen molar-refractivity contribution in [3.8, 4) is 0 Å². The number of nitrogens with one attached hydrogen (secondary N) is 1. The monoisotopic (exact) mass is 306 g/mol. The Morgan fingerprint density at radius 1 is 1.24 bits per heavy atom. The first-order valence-corrected chi connectivity index (χ1v) is 7.58. The van der Waals surface area contributed by atoms with Crippen LogP contribution in [0.15, 0.2) is 24.3 Å². The second-order valence-electron chi connectivity index (χ2n) is 5.47. The second-order valence-corrected chi connectivity index (χ2v) is 5.83. The van der Waals surface area contributed by atoms with E-state index in [1.807, 2.05) is 0 Å². The highest BCUT2D eigenvalue weighted by Crippen LogP contribution is 2.23. The number of rotatable bonds is 2. The van der Waals surface area contributed by atoms with Gasteiger partial charge in [-0.15, -0.1) is 0 Å². The summed E-state index contributed by atoms with van der Waals surface area (Å²) in [4.78, 5) is 16.4. The fraction of sp³-hybridized carbons (Fsp3) is 0.375. The van der Waals surface area contributed by atoms with E-state index >= 15 is 0 Å². The van der Waals surface area contributed by atoms with Crippen LogP contribution in [0.2, 0.25) is 5.15 Å². The lowest BCUT2D eigenvalue weighted by atomic mass is 9.95. The van der Waals surface area contributed by atoms with Crippen LogP contribution < -0.4 is 5.32 Å². The lowest BCUT2D eigenvalue weighted by molar-refractivity contribution is 0.0927. The van der Waals surface area contributed by atoms with E-state index in [2.05, 4.69) is 10.3 Å². The van der Waals surface area contributed by atoms with Crippen molar-refractivity contribution in [2.24, 2.45) is 0 Å². The van der Waals surface area contributed by atoms with Gasteiger partial charge in [-0.05, 0) is 31.0 Å². The molecule has 2 aromatic rings. The Kier molecular flexibility index (Phi) is 4.06. The zero-order chi connectivity index (χ0) is 14.8. The minimum Gasteiger partial charge on any atom is -0.349 e. The van der Waals surface area contributed by atoms with Gasteiger partial charge >= 0.3 is 0 Å². The number of nitrogens with zero attached hydrogens (tertiary/aromatic N) is 1. The van der Waals surface area contributed by atoms with E-state index < -0.39 is 0 Å². The molecule has 0 radical (unpaired) electrons. The van der Waals surface area contributed by atoms with Crippen molar-refractivity contribution in [2.75, 3.05) is 0 Å². The molecule has 0 aliphatic heterocycles. The van der Waals surface area contributed by atoms with Gasteiger partial charge in [-0.25, -0.2) is 9.37 Å². The molecule has 21 heavy (non-hydrogen) atoms. The predicted octanol–water partition coefficient (Wildman–Crippen LogP) is 4.09. The Morgan fingerprint density at radius 3 is 2.76 bits per heavy atom. The van der Waals surface area contributed by atoms with E-state index in [-0.39, 0.29) is 22.9 Å². The number of halogens is 2. The molecule has 1 heterocycles. The van der Waals surface area contributed by atoms with E-state index in [1.165, 1.54) is 18.6 Å². The zero-order valence-corrected chi connectivity index (χ0v) is 12.3. The summed E-state index contributed by atoms with van der Waals surface area (Å²) in [5.74, 6) is -0.573. The average molecular weight is 307 g/mol. The maximum Gasteiger partial charge on any atom is 0.254 e. The van der Waals surface area contributed by atoms with E-state index in [9.17, 15) is 9.18 Å². The Labute approximate surface area is 127 Å². The topological polar surface area (TPSA) is 42.0 Å². The molecule has 3 rings (SSSR count). The van der Waals surface area contributed by atoms with Gasteiger partial charge < -0.3 is 5.32 Å². The SMILES string of the molecule is O=C(NC1CCCCC1)c1cc2ccc(F)cc2nc1Cl. The van der Waals surface area contributed by atoms with Gasteiger partial charge in [0.25, 0.3) is 5.91 Å². The molecule has 110 valence electrons. The molecule has 0 unspecified atom stereocenters. The predicted molar refractivity (Wildman–Crippen MR) is 81.1 cm³/mol. The van der Waals surface area contributed by atoms with Crippen molar-refractivity contribution in [1.29, 1.82) is 0 Å². The smallest absolute Gasteiger partial charge is 0.254 e. The quantitative estimate of drug-likeness (QED) is 0.849. The summed E-state index contributed by atoms with van der Waals surface area (Å²) >= 11 is 6.07. The first-order chi connectivity index (χ1) is 10.1. The first kappa shape index (κ1) is 14.3. The largest absolute Gasteiger partial charge is 0.349 e. The fourth-order valence-electron chi connectivity index (χ4n) is 2.79. The summed E-state index contributed by atoms with van der Waals surface area (Å²) in [5, 5.41) is 3.83. The average Bonchev–Trinajstić information content (AvgIpc) is 2.47. The molecular weight excluding hydrogens is 291 g/mol. The summed E-state index contributed by atoms with van der Waals surface area (Å²) in [6.07, 6.45) is 5.54. The molecule has 5 heteroatoms. The van der Waals surface area contributed by atoms with Crippen molar-refractivity contribution < 1.29 is 9.18 Å². The van der Waals surface area contributed by atoms with E-state index in [0.29, 0.717) is 16.5 Å². The molecule has 1 aromatic heterocycles. The lowest BCUT2D eigenvalue weighted by Crippen LogP contribution is -2.36. The number of carbonyl (C=O) groups excluding carboxylic acids is 1. The summed E-state index contributed by atoms with van der Waals surface area (Å²) in [7, 11) is 0. The van der Waals surface area contributed by atoms with E-state index in [1.54, 1.807) is 12.1 Å². The van der Waals surface area contributed by atoms with Gasteiger partial charge in [-0.1, -0.05) is 30.9 Å². The highest BCUT2D eigenvalue weighted by atomic mass is 35.5. The highest BCUT2D eigenvalue weighted by molar-refractivity contribution is 6.33. The van der Waals surface area contributed by atoms with Gasteiger partial charge in [0.1, 0.15) is 11.0 Å². The normalized spacial score (nSPS) is 16.1. The number of pyridine rings is 1. The molecule has 1 saturated carbocycles. The third kappa shape index (κ3) is 3.16. The van der Waals surface area contributed by atoms with Gasteiger partial charge in [0, 0.05) is 17.5 Å². The molecule has 3 nitrogen and oxygen atoms in total. The van der Waals surface area contributed by atoms with Crippen LogP contribution in [0, 0.1) is 5.82 Å². The molecule has 0 spiro atoms. The number of hydrogen-bond donors (Lipinski definition) is 1. The number of aromatic nitrogens is 1. The van der Waals surface area contributed by atoms with Gasteiger partial charge in [0.15, 0.2) is 0 Å². The van der Waals surface area contributed by atoms with E-state index in [4.69, 9.17) is 11.6 Å². The Bertz CT molecular complexity index is 683. The summed E-state index contributed by atoms with van der Waals surface area (Å²) in [6.45, 7) is 0. The lowest BCUT2D eigenvalue weighted by Gasteiger charge is -2.22. The third-order valence-electron chi connectivity index (χ3n) is 3.92. The van der Waals surface area contributed by atoms with Crippen molar-refractivity contribution in [3.63, 3.8) is 0 Å². The fourth-order valence-corrected chi connectivity index (χ4v) is 3.02. The minimum absolute atomic E-state index is 0.112. The van der Waals surface area contributed by atoms with Gasteiger partial charge in [0.05, 0.1) is 11.1 Å². The summed E-state index contributed by atoms with van der Waals surface area (Å²) < 4.78 is 13.2. The van der Waals surface area contributed by atoms with Crippen LogP contribution in [-0.2, 0) is 0 Å². The molecule has 1 aromatic carbocycles. The van der Waals surface area contributed by atoms with Crippen molar-refractivity contribution in [1.82, 2.24) is 10.3 Å². The molecule has 0 atom stereocenters. The van der Waals surface area contributed by atoms with Gasteiger partial charge in [-0.3, -0.25) is 4.79 Å². The zero-order valence-electron chi connectivity index (χ0n) is 11.5. The van der Waals surface area contributed by atoms with Crippen LogP contribution in [0.5, 0.6) is 0 Å². The summed E-state index contributed by atoms with van der Waals surface area (Å²) in [5.41, 5.74) is 0.801. The van der Waals surface area contributed by atoms with Gasteiger partial charge in [-0.2, -0.15) is 0 Å². The van der Waals surface area contributed by atoms with E-state index in [0.717, 1.165) is 25.7 Å². The molecular formula is C16H16ClFN2O. The highest BCUT2D eigenvalue weighted by Gasteiger charge is 2.19. The van der Waals surface area contributed by atoms with Crippen LogP contribution in [0.25, 0.3) is 10.9 Å². The Morgan fingerprint density at radius 2 is 2.00 bits per heavy atom. The van der Waals surface area contributed by atoms with Crippen LogP contribution >= 0.6 is 11.6 Å². The Balaban J connectivity index is 1.86. The second kappa shape index (κ2) is 5.98. The maximum absolute atomic E-state index is 13.2. The molecule has 1 fully saturated rings. The number of hydrogen-bond acceptors (Lipinski definition) is 2. The standard InChI is InChI=1S/C16H16ClFN2O/c17-15-13(16(21)19-12-4-2-1-3-5-12)8-10-6-7-11(18)9-14(10)20-15/h6-9,12H,1-5H2,(H,19,21). The third-order valence-corrected chi connectivity index (χ3v) is 4.21. The molecule has 1 amide bonds. The van der Waals surface area contributed by atoms with Crippen molar-refractivity contribution >= 4 is 28.4 Å². The molecule has 1 N–H and O–H groups in total. The number of benzene rings is 1. The maximum atomic E-state index is 13.2. The number of carbonyl (C=O) groups is 1. The molecule has 1 aliphatic carbocycles. The first-order valence-electron chi connectivity index (χ1n) is 7.20. The molecule has 0 bridgehead atoms. The van der Waals surface area contributed by atoms with Crippen molar-refractivity contribution in [3.05, 3.63) is 40.8 Å². The van der Waals surface area contributed by atoms with Crippen molar-refractivity contribution in [2.45, 2.75) is 38.1 Å². The van der Waals surface area contributed by atoms with Crippen LogP contribution in [0.4, 0.5) is 4.39 Å². The number of fused-ring (bicyclic) bond motifs is 1. The van der Waals surface area contributed by atoms with Crippen LogP contribution in [0.3, 0.4) is 0 Å². The summed E-state index contributed by atoms with van der Waals surface area (Å²) in [6, 6.07) is 6.14. The Hall–Kier alpha value is -1.68. The minimum atomic E-state index is -0.370.